The third-order valence-electron chi connectivity index (χ3n) is 4.82. The molecule has 1 amide bonds. The third kappa shape index (κ3) is 5.10. The molecule has 0 heterocycles. The van der Waals surface area contributed by atoms with Crippen molar-refractivity contribution in [3.63, 3.8) is 0 Å². The van der Waals surface area contributed by atoms with E-state index in [0.29, 0.717) is 10.6 Å². The van der Waals surface area contributed by atoms with Crippen LogP contribution in [0.4, 0.5) is 0 Å². The third-order valence-corrected chi connectivity index (χ3v) is 5.15. The van der Waals surface area contributed by atoms with Gasteiger partial charge in [-0.1, -0.05) is 55.8 Å². The topological polar surface area (TPSA) is 64.6 Å². The van der Waals surface area contributed by atoms with Gasteiger partial charge >= 0.3 is 5.97 Å². The Balaban J connectivity index is 1.67. The molecule has 6 heteroatoms. The van der Waals surface area contributed by atoms with Crippen LogP contribution in [0.5, 0.6) is 5.75 Å². The molecular formula is C24H24ClNO4. The highest BCUT2D eigenvalue weighted by Gasteiger charge is 2.26. The van der Waals surface area contributed by atoms with Crippen LogP contribution in [0.3, 0.4) is 0 Å². The number of carbonyl (C=O) groups excluding carboxylic acids is 2. The summed E-state index contributed by atoms with van der Waals surface area (Å²) >= 11 is 6.08. The summed E-state index contributed by atoms with van der Waals surface area (Å²) in [6.07, 6.45) is 0. The second-order valence-corrected chi connectivity index (χ2v) is 7.74. The number of hydrogen-bond acceptors (Lipinski definition) is 4. The standard InChI is InChI=1S/C24H24ClNO4/c1-15(2)22(26-23(27)20-6-4-5-7-21(20)25)24(28)30-14-16-8-9-18-13-19(29-3)11-10-17(18)12-16/h4-13,15,22H,14H2,1-3H3,(H,26,27). The second-order valence-electron chi connectivity index (χ2n) is 7.33. The molecule has 3 aromatic rings. The van der Waals surface area contributed by atoms with Crippen LogP contribution >= 0.6 is 11.6 Å². The zero-order valence-electron chi connectivity index (χ0n) is 17.1. The highest BCUT2D eigenvalue weighted by Crippen LogP contribution is 2.22. The average Bonchev–Trinajstić information content (AvgIpc) is 2.75. The summed E-state index contributed by atoms with van der Waals surface area (Å²) in [5.74, 6) is -0.250. The first kappa shape index (κ1) is 21.7. The maximum absolute atomic E-state index is 12.7. The average molecular weight is 426 g/mol. The largest absolute Gasteiger partial charge is 0.497 e. The molecule has 30 heavy (non-hydrogen) atoms. The maximum Gasteiger partial charge on any atom is 0.329 e. The fraction of sp³-hybridized carbons (Fsp3) is 0.250. The van der Waals surface area contributed by atoms with Crippen LogP contribution in [0.25, 0.3) is 10.8 Å². The second kappa shape index (κ2) is 9.63. The van der Waals surface area contributed by atoms with Crippen LogP contribution in [0.1, 0.15) is 29.8 Å². The van der Waals surface area contributed by atoms with Crippen molar-refractivity contribution in [3.8, 4) is 5.75 Å². The number of hydrogen-bond donors (Lipinski definition) is 1. The van der Waals surface area contributed by atoms with E-state index in [1.807, 2.05) is 50.2 Å². The lowest BCUT2D eigenvalue weighted by atomic mass is 10.0. The molecule has 0 saturated heterocycles. The van der Waals surface area contributed by atoms with E-state index in [9.17, 15) is 9.59 Å². The van der Waals surface area contributed by atoms with Gasteiger partial charge in [0.2, 0.25) is 0 Å². The number of halogens is 1. The highest BCUT2D eigenvalue weighted by molar-refractivity contribution is 6.33. The minimum absolute atomic E-state index is 0.117. The lowest BCUT2D eigenvalue weighted by Gasteiger charge is -2.21. The lowest BCUT2D eigenvalue weighted by Crippen LogP contribution is -2.45. The van der Waals surface area contributed by atoms with Gasteiger partial charge in [0, 0.05) is 0 Å². The monoisotopic (exact) mass is 425 g/mol. The van der Waals surface area contributed by atoms with Crippen LogP contribution in [0, 0.1) is 5.92 Å². The molecule has 0 saturated carbocycles. The zero-order chi connectivity index (χ0) is 21.7. The first-order chi connectivity index (χ1) is 14.4. The molecule has 1 atom stereocenters. The summed E-state index contributed by atoms with van der Waals surface area (Å²) in [4.78, 5) is 25.2. The van der Waals surface area contributed by atoms with E-state index in [0.717, 1.165) is 22.1 Å². The molecule has 1 unspecified atom stereocenters. The molecule has 0 aromatic heterocycles. The van der Waals surface area contributed by atoms with E-state index in [1.54, 1.807) is 31.4 Å². The molecule has 1 N–H and O–H groups in total. The van der Waals surface area contributed by atoms with Crippen molar-refractivity contribution in [2.75, 3.05) is 7.11 Å². The SMILES string of the molecule is COc1ccc2cc(COC(=O)C(NC(=O)c3ccccc3Cl)C(C)C)ccc2c1. The van der Waals surface area contributed by atoms with Crippen molar-refractivity contribution >= 4 is 34.2 Å². The minimum atomic E-state index is -0.779. The number of nitrogens with one attached hydrogen (secondary N) is 1. The minimum Gasteiger partial charge on any atom is -0.497 e. The van der Waals surface area contributed by atoms with Crippen molar-refractivity contribution in [2.24, 2.45) is 5.92 Å². The number of esters is 1. The van der Waals surface area contributed by atoms with Gasteiger partial charge in [-0.2, -0.15) is 0 Å². The molecule has 156 valence electrons. The molecule has 0 aliphatic rings. The van der Waals surface area contributed by atoms with Crippen molar-refractivity contribution in [3.05, 3.63) is 76.8 Å². The Kier molecular flexibility index (Phi) is 6.95. The normalized spacial score (nSPS) is 11.9. The molecule has 0 fully saturated rings. The van der Waals surface area contributed by atoms with Crippen LogP contribution in [-0.2, 0) is 16.1 Å². The Morgan fingerprint density at radius 3 is 2.40 bits per heavy atom. The Morgan fingerprint density at radius 1 is 1.00 bits per heavy atom. The van der Waals surface area contributed by atoms with E-state index in [2.05, 4.69) is 5.32 Å². The van der Waals surface area contributed by atoms with E-state index >= 15 is 0 Å². The number of amides is 1. The van der Waals surface area contributed by atoms with Crippen LogP contribution in [0.15, 0.2) is 60.7 Å². The summed E-state index contributed by atoms with van der Waals surface area (Å²) in [5.41, 5.74) is 1.18. The summed E-state index contributed by atoms with van der Waals surface area (Å²) in [5, 5.41) is 5.14. The van der Waals surface area contributed by atoms with Gasteiger partial charge in [0.1, 0.15) is 18.4 Å². The summed E-state index contributed by atoms with van der Waals surface area (Å²) in [6.45, 7) is 3.82. The van der Waals surface area contributed by atoms with Crippen LogP contribution in [-0.4, -0.2) is 25.0 Å². The van der Waals surface area contributed by atoms with E-state index in [1.165, 1.54) is 0 Å². The number of ether oxygens (including phenoxy) is 2. The van der Waals surface area contributed by atoms with Crippen molar-refractivity contribution in [2.45, 2.75) is 26.5 Å². The van der Waals surface area contributed by atoms with E-state index in [4.69, 9.17) is 21.1 Å². The zero-order valence-corrected chi connectivity index (χ0v) is 17.9. The highest BCUT2D eigenvalue weighted by atomic mass is 35.5. The quantitative estimate of drug-likeness (QED) is 0.541. The fourth-order valence-electron chi connectivity index (χ4n) is 3.10. The van der Waals surface area contributed by atoms with Crippen molar-refractivity contribution in [1.82, 2.24) is 5.32 Å². The molecule has 5 nitrogen and oxygen atoms in total. The predicted octanol–water partition coefficient (Wildman–Crippen LogP) is 5.00. The van der Waals surface area contributed by atoms with Gasteiger partial charge in [-0.15, -0.1) is 0 Å². The number of fused-ring (bicyclic) bond motifs is 1. The Hall–Kier alpha value is -3.05. The van der Waals surface area contributed by atoms with Crippen LogP contribution < -0.4 is 10.1 Å². The van der Waals surface area contributed by atoms with Crippen LogP contribution in [0.2, 0.25) is 5.02 Å². The molecule has 0 radical (unpaired) electrons. The number of methoxy groups -OCH3 is 1. The smallest absolute Gasteiger partial charge is 0.329 e. The molecule has 0 spiro atoms. The van der Waals surface area contributed by atoms with Gasteiger partial charge in [0.15, 0.2) is 0 Å². The summed E-state index contributed by atoms with van der Waals surface area (Å²) in [7, 11) is 1.63. The number of carbonyl (C=O) groups is 2. The molecule has 3 aromatic carbocycles. The van der Waals surface area contributed by atoms with Gasteiger partial charge in [0.05, 0.1) is 17.7 Å². The molecule has 0 aliphatic carbocycles. The first-order valence-corrected chi connectivity index (χ1v) is 10.1. The van der Waals surface area contributed by atoms with Gasteiger partial charge in [-0.25, -0.2) is 4.79 Å². The van der Waals surface area contributed by atoms with Crippen molar-refractivity contribution < 1.29 is 19.1 Å². The molecule has 0 bridgehead atoms. The molecular weight excluding hydrogens is 402 g/mol. The van der Waals surface area contributed by atoms with Gasteiger partial charge < -0.3 is 14.8 Å². The van der Waals surface area contributed by atoms with Gasteiger partial charge in [-0.05, 0) is 52.6 Å². The summed E-state index contributed by atoms with van der Waals surface area (Å²) in [6, 6.07) is 17.6. The molecule has 3 rings (SSSR count). The maximum atomic E-state index is 12.7. The predicted molar refractivity (Wildman–Crippen MR) is 118 cm³/mol. The summed E-state index contributed by atoms with van der Waals surface area (Å²) < 4.78 is 10.7. The van der Waals surface area contributed by atoms with Crippen molar-refractivity contribution in [1.29, 1.82) is 0 Å². The number of rotatable bonds is 7. The van der Waals surface area contributed by atoms with Gasteiger partial charge in [0.25, 0.3) is 5.91 Å². The molecule has 0 aliphatic heterocycles. The fourth-order valence-corrected chi connectivity index (χ4v) is 3.32. The van der Waals surface area contributed by atoms with E-state index < -0.39 is 17.9 Å². The lowest BCUT2D eigenvalue weighted by molar-refractivity contribution is -0.148. The Morgan fingerprint density at radius 2 is 1.70 bits per heavy atom. The van der Waals surface area contributed by atoms with E-state index in [-0.39, 0.29) is 12.5 Å². The number of benzene rings is 3. The Labute approximate surface area is 180 Å². The Bertz CT molecular complexity index is 1060. The first-order valence-electron chi connectivity index (χ1n) is 9.67. The van der Waals surface area contributed by atoms with Gasteiger partial charge in [-0.3, -0.25) is 4.79 Å².